The second-order valence-corrected chi connectivity index (χ2v) is 26.6. The Morgan fingerprint density at radius 3 is 0.511 bits per heavy atom. The lowest BCUT2D eigenvalue weighted by Gasteiger charge is -2.55. The number of rotatable bonds is 7. The second kappa shape index (κ2) is 18.4. The fourth-order valence-electron chi connectivity index (χ4n) is 19.4. The number of benzene rings is 22. The maximum absolute atomic E-state index is 2.61. The third kappa shape index (κ3) is 6.15. The molecule has 0 aliphatic carbocycles. The molecule has 0 aliphatic rings. The monoisotopic (exact) mass is 1180 g/mol. The Kier molecular flexibility index (Phi) is 9.93. The molecule has 0 spiro atoms. The van der Waals surface area contributed by atoms with E-state index in [-0.39, 0.29) is 0 Å². The lowest BCUT2D eigenvalue weighted by atomic mass is 9.45. The van der Waals surface area contributed by atoms with Gasteiger partial charge in [-0.1, -0.05) is 328 Å². The van der Waals surface area contributed by atoms with E-state index >= 15 is 0 Å². The largest absolute Gasteiger partial charge is 0.0642 e. The van der Waals surface area contributed by atoms with Gasteiger partial charge in [-0.3, -0.25) is 0 Å². The highest BCUT2D eigenvalue weighted by Crippen LogP contribution is 2.67. The van der Waals surface area contributed by atoms with Gasteiger partial charge in [0.25, 0.3) is 0 Å². The summed E-state index contributed by atoms with van der Waals surface area (Å²) in [6.07, 6.45) is 0. The van der Waals surface area contributed by atoms with E-state index in [1.165, 1.54) is 206 Å². The molecule has 0 fully saturated rings. The molecule has 0 saturated carbocycles. The average Bonchev–Trinajstić information content (AvgIpc) is 0.651. The predicted octanol–water partition coefficient (Wildman–Crippen LogP) is 25.3. The topological polar surface area (TPSA) is 0 Å². The van der Waals surface area contributed by atoms with Crippen molar-refractivity contribution in [3.05, 3.63) is 361 Å². The van der Waals surface area contributed by atoms with Crippen LogP contribution in [0.1, 0.15) is 33.4 Å². The summed E-state index contributed by atoms with van der Waals surface area (Å²) in [4.78, 5) is 0. The van der Waals surface area contributed by atoms with Crippen LogP contribution in [-0.4, -0.2) is 0 Å². The van der Waals surface area contributed by atoms with Gasteiger partial charge in [-0.05, 0) is 206 Å². The summed E-state index contributed by atoms with van der Waals surface area (Å²) in [5.74, 6) is 0. The van der Waals surface area contributed by atoms with E-state index in [0.717, 1.165) is 0 Å². The molecule has 0 heterocycles. The first-order chi connectivity index (χ1) is 46.7. The van der Waals surface area contributed by atoms with Crippen molar-refractivity contribution in [2.75, 3.05) is 0 Å². The van der Waals surface area contributed by atoms with Gasteiger partial charge in [0.15, 0.2) is 0 Å². The summed E-state index contributed by atoms with van der Waals surface area (Å²) >= 11 is 0. The van der Waals surface area contributed by atoms with Crippen molar-refractivity contribution >= 4 is 172 Å². The van der Waals surface area contributed by atoms with E-state index in [0.29, 0.717) is 0 Å². The maximum atomic E-state index is 2.61. The van der Waals surface area contributed by atoms with Gasteiger partial charge in [0.1, 0.15) is 0 Å². The molecule has 0 N–H and O–H groups in total. The van der Waals surface area contributed by atoms with E-state index in [1.807, 2.05) is 0 Å². The van der Waals surface area contributed by atoms with Crippen molar-refractivity contribution in [3.63, 3.8) is 0 Å². The summed E-state index contributed by atoms with van der Waals surface area (Å²) in [7, 11) is 0. The lowest BCUT2D eigenvalue weighted by molar-refractivity contribution is 0.432. The highest BCUT2D eigenvalue weighted by Gasteiger charge is 2.61. The summed E-state index contributed by atoms with van der Waals surface area (Å²) < 4.78 is 0. The van der Waals surface area contributed by atoms with E-state index in [2.05, 4.69) is 328 Å². The summed E-state index contributed by atoms with van der Waals surface area (Å²) in [5.41, 5.74) is 4.92. The Balaban J connectivity index is 1.13. The van der Waals surface area contributed by atoms with Gasteiger partial charge in [0.05, 0.1) is 10.8 Å². The van der Waals surface area contributed by atoms with E-state index < -0.39 is 10.8 Å². The highest BCUT2D eigenvalue weighted by molar-refractivity contribution is 6.39. The molecule has 0 atom stereocenters. The van der Waals surface area contributed by atoms with Crippen molar-refractivity contribution in [3.8, 4) is 0 Å². The van der Waals surface area contributed by atoms with Gasteiger partial charge in [-0.2, -0.15) is 0 Å². The molecular weight excluding hydrogens is 1130 g/mol. The van der Waals surface area contributed by atoms with Crippen LogP contribution >= 0.6 is 0 Å². The van der Waals surface area contributed by atoms with Crippen molar-refractivity contribution in [1.29, 1.82) is 0 Å². The molecule has 0 bridgehead atoms. The van der Waals surface area contributed by atoms with Crippen molar-refractivity contribution in [1.82, 2.24) is 0 Å². The van der Waals surface area contributed by atoms with Crippen LogP contribution < -0.4 is 0 Å². The molecule has 0 nitrogen and oxygen atoms in total. The minimum Gasteiger partial charge on any atom is -0.0622 e. The number of hydrogen-bond acceptors (Lipinski definition) is 0. The van der Waals surface area contributed by atoms with Gasteiger partial charge in [-0.25, -0.2) is 0 Å². The first-order valence-electron chi connectivity index (χ1n) is 33.1. The summed E-state index contributed by atoms with van der Waals surface area (Å²) in [6.45, 7) is 0. The smallest absolute Gasteiger partial charge is 0.0622 e. The molecule has 0 radical (unpaired) electrons. The lowest BCUT2D eigenvalue weighted by Crippen LogP contribution is -2.53. The van der Waals surface area contributed by atoms with Crippen LogP contribution in [-0.2, 0) is 10.8 Å². The van der Waals surface area contributed by atoms with Crippen LogP contribution in [0.2, 0.25) is 0 Å². The molecule has 430 valence electrons. The van der Waals surface area contributed by atoms with Crippen LogP contribution in [0.5, 0.6) is 0 Å². The van der Waals surface area contributed by atoms with Crippen LogP contribution in [0, 0.1) is 0 Å². The standard InChI is InChI=1S/C94H54/c1-3-31-63(32-4-1)93(77-51-47-59-27-11-39-69-65-35-7-19-55-23-15-43-73(81(55)65)89(77)85(59)69,78-52-48-60-28-12-40-70-66-36-8-20-56-24-16-44-74(82(56)66)90(78)86(60)70)94(64-33-5-2-6-34-64,79-53-49-61-29-13-41-71-67-37-9-21-57-25-17-45-75(83(57)67)91(79)87(61)71)80-54-50-62-30-14-42-72-68-38-10-22-58-26-18-46-76(84(58)68)92(80)88(62)72/h1-54H. The minimum atomic E-state index is -1.22. The average molecular weight is 1180 g/mol. The Morgan fingerprint density at radius 2 is 0.298 bits per heavy atom. The molecule has 94 heavy (non-hydrogen) atoms. The fraction of sp³-hybridized carbons (Fsp3) is 0.0213. The molecule has 22 aromatic carbocycles. The molecule has 0 amide bonds. The second-order valence-electron chi connectivity index (χ2n) is 26.6. The molecule has 0 unspecified atom stereocenters. The molecular formula is C94H54. The van der Waals surface area contributed by atoms with Crippen molar-refractivity contribution in [2.24, 2.45) is 0 Å². The van der Waals surface area contributed by atoms with Crippen LogP contribution in [0.15, 0.2) is 328 Å². The van der Waals surface area contributed by atoms with Gasteiger partial charge in [0, 0.05) is 0 Å². The minimum absolute atomic E-state index is 1.20. The Bertz CT molecular complexity index is 6140. The van der Waals surface area contributed by atoms with Crippen molar-refractivity contribution in [2.45, 2.75) is 10.8 Å². The number of hydrogen-bond donors (Lipinski definition) is 0. The van der Waals surface area contributed by atoms with Gasteiger partial charge < -0.3 is 0 Å². The number of fused-ring (bicyclic) bond motifs is 8. The Morgan fingerprint density at radius 1 is 0.117 bits per heavy atom. The summed E-state index contributed by atoms with van der Waals surface area (Å²) in [5, 5.41) is 40.2. The van der Waals surface area contributed by atoms with Crippen LogP contribution in [0.4, 0.5) is 0 Å². The molecule has 0 heteroatoms. The SMILES string of the molecule is c1ccc(C(c2ccc3cccc4c5cccc6cccc(c2c34)c65)(c2ccc3cccc4c5cccc6cccc(c2c34)c65)C(c2ccccc2)(c2ccc3cccc4c5cccc6cccc(c2c34)c65)c2ccc3cccc4c5cccc6cccc(c2c34)c65)cc1. The van der Waals surface area contributed by atoms with Gasteiger partial charge in [0.2, 0.25) is 0 Å². The van der Waals surface area contributed by atoms with E-state index in [1.54, 1.807) is 0 Å². The Hall–Kier alpha value is -12.0. The third-order valence-corrected chi connectivity index (χ3v) is 22.6. The first-order valence-corrected chi connectivity index (χ1v) is 33.1. The molecule has 0 aromatic heterocycles. The van der Waals surface area contributed by atoms with Crippen LogP contribution in [0.3, 0.4) is 0 Å². The van der Waals surface area contributed by atoms with Crippen LogP contribution in [0.25, 0.3) is 172 Å². The van der Waals surface area contributed by atoms with E-state index in [9.17, 15) is 0 Å². The zero-order chi connectivity index (χ0) is 61.1. The van der Waals surface area contributed by atoms with Gasteiger partial charge >= 0.3 is 0 Å². The zero-order valence-corrected chi connectivity index (χ0v) is 51.2. The molecule has 22 rings (SSSR count). The summed E-state index contributed by atoms with van der Waals surface area (Å²) in [6, 6.07) is 129. The third-order valence-electron chi connectivity index (χ3n) is 22.6. The quantitative estimate of drug-likeness (QED) is 0.0848. The molecule has 0 saturated heterocycles. The molecule has 22 aromatic rings. The van der Waals surface area contributed by atoms with E-state index in [4.69, 9.17) is 0 Å². The predicted molar refractivity (Wildman–Crippen MR) is 403 cm³/mol. The van der Waals surface area contributed by atoms with Crippen molar-refractivity contribution < 1.29 is 0 Å². The Labute approximate surface area is 540 Å². The van der Waals surface area contributed by atoms with Gasteiger partial charge in [-0.15, -0.1) is 0 Å². The normalized spacial score (nSPS) is 12.9. The fourth-order valence-corrected chi connectivity index (χ4v) is 19.4. The molecule has 0 aliphatic heterocycles. The zero-order valence-electron chi connectivity index (χ0n) is 51.2. The first kappa shape index (κ1) is 50.7. The maximum Gasteiger partial charge on any atom is 0.0642 e. The highest BCUT2D eigenvalue weighted by atomic mass is 14.6.